The van der Waals surface area contributed by atoms with Gasteiger partial charge in [0.15, 0.2) is 5.78 Å². The number of carbonyl (C=O) groups excluding carboxylic acids is 1. The highest BCUT2D eigenvalue weighted by Gasteiger charge is 2.60. The van der Waals surface area contributed by atoms with E-state index in [1.165, 1.54) is 0 Å². The predicted molar refractivity (Wildman–Crippen MR) is 84.6 cm³/mol. The van der Waals surface area contributed by atoms with Crippen LogP contribution in [0.4, 0.5) is 0 Å². The van der Waals surface area contributed by atoms with Crippen LogP contribution in [0.2, 0.25) is 19.6 Å². The van der Waals surface area contributed by atoms with Crippen LogP contribution >= 0.6 is 0 Å². The number of hydrogen-bond acceptors (Lipinski definition) is 2. The molecule has 2 nitrogen and oxygen atoms in total. The van der Waals surface area contributed by atoms with Gasteiger partial charge >= 0.3 is 0 Å². The Balaban J connectivity index is 2.24. The molecule has 2 aliphatic carbocycles. The fourth-order valence-electron chi connectivity index (χ4n) is 3.19. The zero-order chi connectivity index (χ0) is 15.0. The normalized spacial score (nSPS) is 28.6. The quantitative estimate of drug-likeness (QED) is 0.439. The van der Waals surface area contributed by atoms with E-state index in [1.807, 2.05) is 0 Å². The van der Waals surface area contributed by atoms with E-state index < -0.39 is 13.7 Å². The van der Waals surface area contributed by atoms with Gasteiger partial charge in [0.1, 0.15) is 5.41 Å². The van der Waals surface area contributed by atoms with E-state index in [1.54, 1.807) is 0 Å². The van der Waals surface area contributed by atoms with Gasteiger partial charge in [0, 0.05) is 25.2 Å². The van der Waals surface area contributed by atoms with Crippen molar-refractivity contribution in [2.24, 2.45) is 11.3 Å². The first-order valence-electron chi connectivity index (χ1n) is 7.74. The Hall–Kier alpha value is -1.01. The fraction of sp³-hybridized carbons (Fsp3) is 0.706. The Morgan fingerprint density at radius 3 is 2.60 bits per heavy atom. The van der Waals surface area contributed by atoms with Crippen LogP contribution in [-0.4, -0.2) is 14.1 Å². The maximum atomic E-state index is 12.2. The highest BCUT2D eigenvalue weighted by Crippen LogP contribution is 2.57. The van der Waals surface area contributed by atoms with E-state index in [2.05, 4.69) is 45.3 Å². The summed E-state index contributed by atoms with van der Waals surface area (Å²) in [4.78, 5) is 12.2. The van der Waals surface area contributed by atoms with Crippen LogP contribution < -0.4 is 0 Å². The van der Waals surface area contributed by atoms with Gasteiger partial charge in [0.05, 0.1) is 5.76 Å². The summed E-state index contributed by atoms with van der Waals surface area (Å²) in [6.45, 7) is 10.8. The molecule has 1 fully saturated rings. The molecule has 0 aromatic heterocycles. The number of allylic oxidation sites excluding steroid dienone is 2. The lowest BCUT2D eigenvalue weighted by Gasteiger charge is -2.40. The maximum Gasteiger partial charge on any atom is 0.241 e. The average molecular weight is 290 g/mol. The highest BCUT2D eigenvalue weighted by molar-refractivity contribution is 6.70. The Morgan fingerprint density at radius 2 is 2.05 bits per heavy atom. The van der Waals surface area contributed by atoms with Gasteiger partial charge in [-0.3, -0.25) is 4.79 Å². The summed E-state index contributed by atoms with van der Waals surface area (Å²) in [7, 11) is -1.61. The Labute approximate surface area is 124 Å². The van der Waals surface area contributed by atoms with Crippen molar-refractivity contribution >= 4 is 14.1 Å². The van der Waals surface area contributed by atoms with Gasteiger partial charge in [-0.1, -0.05) is 19.3 Å². The van der Waals surface area contributed by atoms with Crippen LogP contribution in [0, 0.1) is 23.2 Å². The van der Waals surface area contributed by atoms with Crippen molar-refractivity contribution in [3.8, 4) is 11.8 Å². The third-order valence-corrected chi connectivity index (χ3v) is 5.15. The van der Waals surface area contributed by atoms with Crippen LogP contribution in [0.25, 0.3) is 0 Å². The van der Waals surface area contributed by atoms with E-state index in [4.69, 9.17) is 4.43 Å². The summed E-state index contributed by atoms with van der Waals surface area (Å²) in [5.41, 5.74) is 0.619. The standard InChI is InChI=1S/C17H26O2Si/c1-6-7-8-9-10-17-13(2)15(19-20(3,4)5)11-14(17)12-16(17)18/h14H,6-8,11-12H2,1-5H3/t14-,17-/m1/s1. The molecule has 20 heavy (non-hydrogen) atoms. The average Bonchev–Trinajstić information content (AvgIpc) is 2.53. The number of Topliss-reactive ketones (excluding diaryl/α,β-unsaturated/α-hetero) is 1. The molecule has 3 heteroatoms. The number of rotatable bonds is 4. The van der Waals surface area contributed by atoms with Crippen molar-refractivity contribution in [3.05, 3.63) is 11.3 Å². The summed E-state index contributed by atoms with van der Waals surface area (Å²) < 4.78 is 6.19. The first-order chi connectivity index (χ1) is 9.31. The van der Waals surface area contributed by atoms with Crippen LogP contribution in [0.5, 0.6) is 0 Å². The third-order valence-electron chi connectivity index (χ3n) is 4.30. The molecule has 2 aliphatic rings. The minimum atomic E-state index is -1.61. The molecule has 0 saturated heterocycles. The lowest BCUT2D eigenvalue weighted by molar-refractivity contribution is -0.136. The minimum absolute atomic E-state index is 0.304. The summed E-state index contributed by atoms with van der Waals surface area (Å²) in [5.74, 6) is 8.30. The highest BCUT2D eigenvalue weighted by atomic mass is 28.4. The molecule has 0 N–H and O–H groups in total. The summed E-state index contributed by atoms with van der Waals surface area (Å²) >= 11 is 0. The molecular weight excluding hydrogens is 264 g/mol. The number of hydrogen-bond donors (Lipinski definition) is 0. The molecule has 1 saturated carbocycles. The maximum absolute atomic E-state index is 12.2. The molecule has 2 rings (SSSR count). The molecule has 0 radical (unpaired) electrons. The SMILES string of the molecule is CCCCC#C[C@]12C(=O)C[C@H]1CC(O[Si](C)(C)C)=C2C. The van der Waals surface area contributed by atoms with Gasteiger partial charge in [-0.2, -0.15) is 0 Å². The van der Waals surface area contributed by atoms with Gasteiger partial charge in [-0.25, -0.2) is 0 Å². The Morgan fingerprint density at radius 1 is 1.35 bits per heavy atom. The number of carbonyl (C=O) groups is 1. The second kappa shape index (κ2) is 5.41. The van der Waals surface area contributed by atoms with Crippen molar-refractivity contribution in [2.75, 3.05) is 0 Å². The number of unbranched alkanes of at least 4 members (excludes halogenated alkanes) is 2. The smallest absolute Gasteiger partial charge is 0.241 e. The molecular formula is C17H26O2Si. The molecule has 2 atom stereocenters. The molecule has 110 valence electrons. The molecule has 0 amide bonds. The van der Waals surface area contributed by atoms with E-state index in [9.17, 15) is 4.79 Å². The number of fused-ring (bicyclic) bond motifs is 1. The first kappa shape index (κ1) is 15.4. The van der Waals surface area contributed by atoms with Crippen LogP contribution in [0.15, 0.2) is 11.3 Å². The molecule has 0 spiro atoms. The second-order valence-corrected chi connectivity index (χ2v) is 11.4. The Bertz CT molecular complexity index is 501. The lowest BCUT2D eigenvalue weighted by Crippen LogP contribution is -2.47. The van der Waals surface area contributed by atoms with Crippen molar-refractivity contribution < 1.29 is 9.22 Å². The third kappa shape index (κ3) is 2.58. The first-order valence-corrected chi connectivity index (χ1v) is 11.1. The van der Waals surface area contributed by atoms with Crippen molar-refractivity contribution in [1.82, 2.24) is 0 Å². The van der Waals surface area contributed by atoms with Gasteiger partial charge in [0.2, 0.25) is 8.32 Å². The zero-order valence-corrected chi connectivity index (χ0v) is 14.4. The summed E-state index contributed by atoms with van der Waals surface area (Å²) in [6, 6.07) is 0. The molecule has 0 bridgehead atoms. The molecule has 0 aliphatic heterocycles. The van der Waals surface area contributed by atoms with E-state index in [0.717, 1.165) is 37.0 Å². The zero-order valence-electron chi connectivity index (χ0n) is 13.4. The fourth-order valence-corrected chi connectivity index (χ4v) is 4.17. The Kier molecular flexibility index (Phi) is 4.16. The van der Waals surface area contributed by atoms with Crippen molar-refractivity contribution in [1.29, 1.82) is 0 Å². The molecule has 0 unspecified atom stereocenters. The largest absolute Gasteiger partial charge is 0.547 e. The van der Waals surface area contributed by atoms with Crippen LogP contribution in [-0.2, 0) is 9.22 Å². The molecule has 0 aromatic rings. The second-order valence-electron chi connectivity index (χ2n) is 7.00. The van der Waals surface area contributed by atoms with Gasteiger partial charge in [0.25, 0.3) is 0 Å². The molecule has 0 heterocycles. The van der Waals surface area contributed by atoms with E-state index in [0.29, 0.717) is 18.1 Å². The topological polar surface area (TPSA) is 26.3 Å². The van der Waals surface area contributed by atoms with Crippen LogP contribution in [0.1, 0.15) is 46.0 Å². The van der Waals surface area contributed by atoms with E-state index in [-0.39, 0.29) is 0 Å². The van der Waals surface area contributed by atoms with Gasteiger partial charge in [-0.15, -0.1) is 5.92 Å². The summed E-state index contributed by atoms with van der Waals surface area (Å²) in [6.07, 6.45) is 4.75. The number of ketones is 1. The predicted octanol–water partition coefficient (Wildman–Crippen LogP) is 4.28. The van der Waals surface area contributed by atoms with Gasteiger partial charge < -0.3 is 4.43 Å². The van der Waals surface area contributed by atoms with E-state index >= 15 is 0 Å². The minimum Gasteiger partial charge on any atom is -0.547 e. The lowest BCUT2D eigenvalue weighted by atomic mass is 9.59. The van der Waals surface area contributed by atoms with Crippen molar-refractivity contribution in [2.45, 2.75) is 65.6 Å². The van der Waals surface area contributed by atoms with Crippen LogP contribution in [0.3, 0.4) is 0 Å². The van der Waals surface area contributed by atoms with Crippen molar-refractivity contribution in [3.63, 3.8) is 0 Å². The monoisotopic (exact) mass is 290 g/mol. The molecule has 0 aromatic carbocycles. The van der Waals surface area contributed by atoms with Gasteiger partial charge in [-0.05, 0) is 38.6 Å². The summed E-state index contributed by atoms with van der Waals surface area (Å²) in [5, 5.41) is 0.